The van der Waals surface area contributed by atoms with Crippen LogP contribution in [0.3, 0.4) is 0 Å². The summed E-state index contributed by atoms with van der Waals surface area (Å²) in [5, 5.41) is 0. The zero-order chi connectivity index (χ0) is 15.6. The molecule has 0 amide bonds. The lowest BCUT2D eigenvalue weighted by Crippen LogP contribution is -2.13. The maximum atomic E-state index is 12.0. The minimum Gasteiger partial charge on any atom is -0.611 e. The summed E-state index contributed by atoms with van der Waals surface area (Å²) in [6, 6.07) is 12.1. The Morgan fingerprint density at radius 1 is 1.14 bits per heavy atom. The van der Waals surface area contributed by atoms with Crippen LogP contribution >= 0.6 is 0 Å². The summed E-state index contributed by atoms with van der Waals surface area (Å²) in [4.78, 5) is 5.68. The van der Waals surface area contributed by atoms with Crippen LogP contribution < -0.4 is 0 Å². The third-order valence-corrected chi connectivity index (χ3v) is 4.83. The van der Waals surface area contributed by atoms with Gasteiger partial charge in [-0.3, -0.25) is 4.98 Å². The second-order valence-electron chi connectivity index (χ2n) is 6.27. The first-order chi connectivity index (χ1) is 9.82. The van der Waals surface area contributed by atoms with Crippen molar-refractivity contribution < 1.29 is 4.55 Å². The first-order valence-electron chi connectivity index (χ1n) is 7.30. The summed E-state index contributed by atoms with van der Waals surface area (Å²) in [5.41, 5.74) is 4.27. The van der Waals surface area contributed by atoms with Gasteiger partial charge < -0.3 is 4.55 Å². The highest BCUT2D eigenvalue weighted by atomic mass is 32.2. The average molecular weight is 301 g/mol. The van der Waals surface area contributed by atoms with Gasteiger partial charge in [-0.2, -0.15) is 0 Å². The molecule has 0 bridgehead atoms. The predicted molar refractivity (Wildman–Crippen MR) is 90.1 cm³/mol. The van der Waals surface area contributed by atoms with E-state index in [1.807, 2.05) is 37.3 Å². The van der Waals surface area contributed by atoms with E-state index < -0.39 is 11.2 Å². The van der Waals surface area contributed by atoms with Gasteiger partial charge in [-0.05, 0) is 48.8 Å². The molecule has 0 saturated carbocycles. The van der Waals surface area contributed by atoms with Gasteiger partial charge in [0.1, 0.15) is 5.75 Å². The molecule has 1 aromatic heterocycles. The van der Waals surface area contributed by atoms with Crippen molar-refractivity contribution in [2.45, 2.75) is 44.9 Å². The summed E-state index contributed by atoms with van der Waals surface area (Å²) < 4.78 is 12.0. The lowest BCUT2D eigenvalue weighted by molar-refractivity contribution is 0.569. The van der Waals surface area contributed by atoms with Crippen LogP contribution in [0.1, 0.15) is 39.0 Å². The summed E-state index contributed by atoms with van der Waals surface area (Å²) in [6.45, 7) is 10.5. The second kappa shape index (κ2) is 6.20. The molecular weight excluding hydrogens is 278 g/mol. The van der Waals surface area contributed by atoms with Crippen LogP contribution in [0.2, 0.25) is 0 Å². The second-order valence-corrected chi connectivity index (χ2v) is 8.01. The Morgan fingerprint density at radius 2 is 1.86 bits per heavy atom. The van der Waals surface area contributed by atoms with Gasteiger partial charge in [0.2, 0.25) is 0 Å². The Kier molecular flexibility index (Phi) is 4.74. The van der Waals surface area contributed by atoms with E-state index in [0.29, 0.717) is 5.75 Å². The van der Waals surface area contributed by atoms with Crippen LogP contribution in [0.15, 0.2) is 41.3 Å². The Bertz CT molecular complexity index is 631. The fourth-order valence-electron chi connectivity index (χ4n) is 2.19. The van der Waals surface area contributed by atoms with Gasteiger partial charge in [0.15, 0.2) is 4.90 Å². The van der Waals surface area contributed by atoms with E-state index in [4.69, 9.17) is 4.98 Å². The normalized spacial score (nSPS) is 13.2. The van der Waals surface area contributed by atoms with E-state index >= 15 is 0 Å². The molecule has 112 valence electrons. The first-order valence-corrected chi connectivity index (χ1v) is 8.61. The van der Waals surface area contributed by atoms with Gasteiger partial charge in [0.25, 0.3) is 0 Å². The largest absolute Gasteiger partial charge is 0.611 e. The summed E-state index contributed by atoms with van der Waals surface area (Å²) in [7, 11) is 0. The first kappa shape index (κ1) is 16.1. The molecule has 21 heavy (non-hydrogen) atoms. The van der Waals surface area contributed by atoms with E-state index in [9.17, 15) is 4.55 Å². The molecule has 0 saturated heterocycles. The number of nitrogens with zero attached hydrogens (tertiary/aromatic N) is 1. The number of rotatable bonds is 3. The molecule has 2 rings (SSSR count). The van der Waals surface area contributed by atoms with Crippen molar-refractivity contribution in [3.8, 4) is 11.3 Å². The third-order valence-electron chi connectivity index (χ3n) is 3.53. The van der Waals surface area contributed by atoms with Gasteiger partial charge in [-0.1, -0.05) is 32.9 Å². The van der Waals surface area contributed by atoms with Crippen molar-refractivity contribution in [3.05, 3.63) is 47.7 Å². The Labute approximate surface area is 130 Å². The van der Waals surface area contributed by atoms with Gasteiger partial charge in [0, 0.05) is 22.7 Å². The van der Waals surface area contributed by atoms with E-state index in [1.165, 1.54) is 0 Å². The van der Waals surface area contributed by atoms with Crippen molar-refractivity contribution in [1.82, 2.24) is 4.98 Å². The van der Waals surface area contributed by atoms with Crippen LogP contribution in [0.25, 0.3) is 11.3 Å². The van der Waals surface area contributed by atoms with Crippen LogP contribution in [-0.4, -0.2) is 15.3 Å². The van der Waals surface area contributed by atoms with Gasteiger partial charge >= 0.3 is 0 Å². The van der Waals surface area contributed by atoms with Gasteiger partial charge in [-0.25, -0.2) is 0 Å². The molecule has 0 radical (unpaired) electrons. The Balaban J connectivity index is 2.51. The average Bonchev–Trinajstić information content (AvgIpc) is 2.46. The molecule has 2 nitrogen and oxygen atoms in total. The minimum atomic E-state index is -0.933. The van der Waals surface area contributed by atoms with E-state index in [2.05, 4.69) is 33.8 Å². The maximum absolute atomic E-state index is 12.0. The molecule has 0 spiro atoms. The number of benzene rings is 1. The highest BCUT2D eigenvalue weighted by molar-refractivity contribution is 7.91. The van der Waals surface area contributed by atoms with Crippen molar-refractivity contribution in [2.75, 3.05) is 5.75 Å². The number of hydrogen-bond donors (Lipinski definition) is 0. The molecule has 1 aromatic carbocycles. The van der Waals surface area contributed by atoms with Crippen LogP contribution in [0.5, 0.6) is 0 Å². The Hall–Kier alpha value is -1.32. The molecule has 3 heteroatoms. The molecule has 0 fully saturated rings. The maximum Gasteiger partial charge on any atom is 0.153 e. The number of pyridine rings is 1. The van der Waals surface area contributed by atoms with Gasteiger partial charge in [0.05, 0.1) is 5.69 Å². The molecule has 2 aromatic rings. The fraction of sp³-hybridized carbons (Fsp3) is 0.389. The number of hydrogen-bond acceptors (Lipinski definition) is 2. The molecule has 0 aliphatic heterocycles. The number of aryl methyl sites for hydroxylation is 1. The Morgan fingerprint density at radius 3 is 2.48 bits per heavy atom. The standard InChI is InChI=1S/C18H23NOS/c1-6-21(20)14-11-10-13(2)15(12-14)16-8-7-9-17(19-16)18(3,4)5/h7-12H,6H2,1-5H3. The molecule has 0 aliphatic carbocycles. The van der Waals surface area contributed by atoms with Crippen LogP contribution in [0.4, 0.5) is 0 Å². The third kappa shape index (κ3) is 3.66. The van der Waals surface area contributed by atoms with E-state index in [0.717, 1.165) is 27.4 Å². The van der Waals surface area contributed by atoms with Gasteiger partial charge in [-0.15, -0.1) is 0 Å². The zero-order valence-corrected chi connectivity index (χ0v) is 14.3. The molecule has 1 heterocycles. The van der Waals surface area contributed by atoms with Crippen molar-refractivity contribution in [3.63, 3.8) is 0 Å². The fourth-order valence-corrected chi connectivity index (χ4v) is 2.99. The highest BCUT2D eigenvalue weighted by Gasteiger charge is 2.17. The smallest absolute Gasteiger partial charge is 0.153 e. The highest BCUT2D eigenvalue weighted by Crippen LogP contribution is 2.28. The number of aromatic nitrogens is 1. The topological polar surface area (TPSA) is 36.0 Å². The van der Waals surface area contributed by atoms with Crippen LogP contribution in [-0.2, 0) is 16.6 Å². The minimum absolute atomic E-state index is 0.0216. The molecule has 1 atom stereocenters. The monoisotopic (exact) mass is 301 g/mol. The van der Waals surface area contributed by atoms with E-state index in [-0.39, 0.29) is 5.41 Å². The lowest BCUT2D eigenvalue weighted by Gasteiger charge is -2.19. The van der Waals surface area contributed by atoms with Crippen molar-refractivity contribution in [1.29, 1.82) is 0 Å². The zero-order valence-electron chi connectivity index (χ0n) is 13.4. The molecule has 1 unspecified atom stereocenters. The van der Waals surface area contributed by atoms with E-state index in [1.54, 1.807) is 0 Å². The predicted octanol–water partition coefficient (Wildman–Crippen LogP) is 4.48. The van der Waals surface area contributed by atoms with Crippen LogP contribution in [0, 0.1) is 6.92 Å². The SMILES string of the molecule is CC[S+]([O-])c1ccc(C)c(-c2cccc(C(C)(C)C)n2)c1. The lowest BCUT2D eigenvalue weighted by atomic mass is 9.91. The van der Waals surface area contributed by atoms with Crippen molar-refractivity contribution >= 4 is 11.2 Å². The quantitative estimate of drug-likeness (QED) is 0.783. The summed E-state index contributed by atoms with van der Waals surface area (Å²) in [5.74, 6) is 0.637. The summed E-state index contributed by atoms with van der Waals surface area (Å²) in [6.07, 6.45) is 0. The molecular formula is C18H23NOS. The molecule has 0 N–H and O–H groups in total. The molecule has 0 aliphatic rings. The summed E-state index contributed by atoms with van der Waals surface area (Å²) >= 11 is -0.933. The van der Waals surface area contributed by atoms with Crippen molar-refractivity contribution in [2.24, 2.45) is 0 Å².